The molecule has 1 aliphatic heterocycles. The summed E-state index contributed by atoms with van der Waals surface area (Å²) in [4.78, 5) is 13.9. The lowest BCUT2D eigenvalue weighted by molar-refractivity contribution is -0.131. The van der Waals surface area contributed by atoms with E-state index in [2.05, 4.69) is 33.0 Å². The first-order valence-electron chi connectivity index (χ1n) is 8.99. The molecular weight excluding hydrogens is 260 g/mol. The normalized spacial score (nSPS) is 15.2. The summed E-state index contributed by atoms with van der Waals surface area (Å²) in [6.07, 6.45) is 2.35. The third-order valence-corrected chi connectivity index (χ3v) is 3.66. The van der Waals surface area contributed by atoms with Crippen molar-refractivity contribution in [1.82, 2.24) is 10.2 Å². The zero-order valence-corrected chi connectivity index (χ0v) is 15.8. The molecule has 0 bridgehead atoms. The molecular formula is C18H40N2O. The van der Waals surface area contributed by atoms with Gasteiger partial charge in [-0.05, 0) is 37.1 Å². The molecule has 1 rings (SSSR count). The second kappa shape index (κ2) is 14.4. The third-order valence-electron chi connectivity index (χ3n) is 3.66. The van der Waals surface area contributed by atoms with Crippen molar-refractivity contribution in [3.8, 4) is 0 Å². The van der Waals surface area contributed by atoms with Gasteiger partial charge in [0, 0.05) is 13.1 Å². The number of piperidine rings is 1. The molecule has 3 heteroatoms. The van der Waals surface area contributed by atoms with Crippen molar-refractivity contribution in [1.29, 1.82) is 0 Å². The standard InChI is InChI=1S/C14H28N2O.2C2H6/c1-11(2)9-15-10-14(17)16-7-5-13(6-8-16)12(3)4;2*1-2/h11-13,15H,5-10H2,1-4H3;2*1-2H3. The van der Waals surface area contributed by atoms with E-state index in [9.17, 15) is 4.79 Å². The molecule has 1 amide bonds. The summed E-state index contributed by atoms with van der Waals surface area (Å²) >= 11 is 0. The van der Waals surface area contributed by atoms with Crippen LogP contribution in [-0.2, 0) is 4.79 Å². The molecule has 1 fully saturated rings. The summed E-state index contributed by atoms with van der Waals surface area (Å²) in [7, 11) is 0. The highest BCUT2D eigenvalue weighted by Gasteiger charge is 2.23. The van der Waals surface area contributed by atoms with E-state index in [4.69, 9.17) is 0 Å². The molecule has 0 aromatic heterocycles. The number of carbonyl (C=O) groups is 1. The Hall–Kier alpha value is -0.570. The van der Waals surface area contributed by atoms with Crippen LogP contribution in [0.1, 0.15) is 68.2 Å². The van der Waals surface area contributed by atoms with E-state index < -0.39 is 0 Å². The second-order valence-electron chi connectivity index (χ2n) is 5.99. The fourth-order valence-electron chi connectivity index (χ4n) is 2.40. The molecule has 0 aromatic rings. The zero-order valence-electron chi connectivity index (χ0n) is 15.8. The molecule has 1 aliphatic rings. The highest BCUT2D eigenvalue weighted by molar-refractivity contribution is 5.78. The van der Waals surface area contributed by atoms with Crippen LogP contribution in [0.4, 0.5) is 0 Å². The van der Waals surface area contributed by atoms with E-state index >= 15 is 0 Å². The van der Waals surface area contributed by atoms with E-state index in [-0.39, 0.29) is 5.91 Å². The predicted octanol–water partition coefficient (Wildman–Crippen LogP) is 4.18. The molecule has 0 radical (unpaired) electrons. The number of nitrogens with zero attached hydrogens (tertiary/aromatic N) is 1. The maximum Gasteiger partial charge on any atom is 0.236 e. The lowest BCUT2D eigenvalue weighted by atomic mass is 9.87. The Kier molecular flexibility index (Phi) is 15.5. The smallest absolute Gasteiger partial charge is 0.236 e. The van der Waals surface area contributed by atoms with Crippen LogP contribution in [0.15, 0.2) is 0 Å². The zero-order chi connectivity index (χ0) is 16.8. The Bertz CT molecular complexity index is 231. The van der Waals surface area contributed by atoms with Gasteiger partial charge < -0.3 is 10.2 Å². The summed E-state index contributed by atoms with van der Waals surface area (Å²) in [5, 5.41) is 3.22. The molecule has 1 N–H and O–H groups in total. The van der Waals surface area contributed by atoms with Crippen LogP contribution in [0.25, 0.3) is 0 Å². The van der Waals surface area contributed by atoms with Gasteiger partial charge in [0.15, 0.2) is 0 Å². The van der Waals surface area contributed by atoms with Gasteiger partial charge in [-0.3, -0.25) is 4.79 Å². The van der Waals surface area contributed by atoms with Crippen molar-refractivity contribution in [2.45, 2.75) is 68.2 Å². The summed E-state index contributed by atoms with van der Waals surface area (Å²) in [6, 6.07) is 0. The van der Waals surface area contributed by atoms with Crippen LogP contribution in [0, 0.1) is 17.8 Å². The number of carbonyl (C=O) groups excluding carboxylic acids is 1. The average molecular weight is 301 g/mol. The minimum Gasteiger partial charge on any atom is -0.342 e. The molecule has 21 heavy (non-hydrogen) atoms. The van der Waals surface area contributed by atoms with Gasteiger partial charge >= 0.3 is 0 Å². The number of amides is 1. The Morgan fingerprint density at radius 1 is 1.05 bits per heavy atom. The number of hydrogen-bond acceptors (Lipinski definition) is 2. The van der Waals surface area contributed by atoms with Gasteiger partial charge in [-0.25, -0.2) is 0 Å². The Labute approximate surface area is 133 Å². The molecule has 0 spiro atoms. The Morgan fingerprint density at radius 3 is 1.90 bits per heavy atom. The number of rotatable bonds is 5. The van der Waals surface area contributed by atoms with Crippen LogP contribution in [0.2, 0.25) is 0 Å². The lowest BCUT2D eigenvalue weighted by Gasteiger charge is -2.34. The first kappa shape index (κ1) is 22.7. The third kappa shape index (κ3) is 10.8. The summed E-state index contributed by atoms with van der Waals surface area (Å²) in [5.41, 5.74) is 0. The van der Waals surface area contributed by atoms with Crippen molar-refractivity contribution in [3.63, 3.8) is 0 Å². The average Bonchev–Trinajstić information content (AvgIpc) is 2.51. The van der Waals surface area contributed by atoms with Crippen molar-refractivity contribution in [3.05, 3.63) is 0 Å². The van der Waals surface area contributed by atoms with Crippen molar-refractivity contribution in [2.24, 2.45) is 17.8 Å². The monoisotopic (exact) mass is 300 g/mol. The minimum absolute atomic E-state index is 0.271. The Balaban J connectivity index is 0. The van der Waals surface area contributed by atoms with Gasteiger partial charge in [-0.15, -0.1) is 0 Å². The molecule has 0 atom stereocenters. The molecule has 128 valence electrons. The second-order valence-corrected chi connectivity index (χ2v) is 5.99. The van der Waals surface area contributed by atoms with Crippen LogP contribution >= 0.6 is 0 Å². The van der Waals surface area contributed by atoms with E-state index in [0.29, 0.717) is 12.5 Å². The van der Waals surface area contributed by atoms with Crippen LogP contribution in [0.3, 0.4) is 0 Å². The van der Waals surface area contributed by atoms with Gasteiger partial charge in [0.25, 0.3) is 0 Å². The molecule has 1 saturated heterocycles. The molecule has 0 aromatic carbocycles. The first-order chi connectivity index (χ1) is 10.0. The largest absolute Gasteiger partial charge is 0.342 e. The quantitative estimate of drug-likeness (QED) is 0.826. The highest BCUT2D eigenvalue weighted by atomic mass is 16.2. The lowest BCUT2D eigenvalue weighted by Crippen LogP contribution is -2.44. The molecule has 1 heterocycles. The fourth-order valence-corrected chi connectivity index (χ4v) is 2.40. The number of nitrogens with one attached hydrogen (secondary N) is 1. The van der Waals surface area contributed by atoms with Crippen molar-refractivity contribution < 1.29 is 4.79 Å². The highest BCUT2D eigenvalue weighted by Crippen LogP contribution is 2.24. The van der Waals surface area contributed by atoms with Gasteiger partial charge in [0.1, 0.15) is 0 Å². The van der Waals surface area contributed by atoms with E-state index in [1.807, 2.05) is 32.6 Å². The van der Waals surface area contributed by atoms with Crippen LogP contribution in [-0.4, -0.2) is 37.0 Å². The van der Waals surface area contributed by atoms with Crippen molar-refractivity contribution in [2.75, 3.05) is 26.2 Å². The molecule has 0 aliphatic carbocycles. The molecule has 3 nitrogen and oxygen atoms in total. The minimum atomic E-state index is 0.271. The van der Waals surface area contributed by atoms with Gasteiger partial charge in [0.2, 0.25) is 5.91 Å². The fraction of sp³-hybridized carbons (Fsp3) is 0.944. The number of likely N-dealkylation sites (tertiary alicyclic amines) is 1. The van der Waals surface area contributed by atoms with E-state index in [1.54, 1.807) is 0 Å². The van der Waals surface area contributed by atoms with E-state index in [1.165, 1.54) is 12.8 Å². The topological polar surface area (TPSA) is 32.3 Å². The van der Waals surface area contributed by atoms with Crippen LogP contribution < -0.4 is 5.32 Å². The van der Waals surface area contributed by atoms with Gasteiger partial charge in [-0.2, -0.15) is 0 Å². The Morgan fingerprint density at radius 2 is 1.52 bits per heavy atom. The van der Waals surface area contributed by atoms with Gasteiger partial charge in [0.05, 0.1) is 6.54 Å². The summed E-state index contributed by atoms with van der Waals surface area (Å²) in [5.74, 6) is 2.44. The molecule has 0 saturated carbocycles. The van der Waals surface area contributed by atoms with E-state index in [0.717, 1.165) is 31.5 Å². The van der Waals surface area contributed by atoms with Gasteiger partial charge in [-0.1, -0.05) is 55.4 Å². The molecule has 0 unspecified atom stereocenters. The van der Waals surface area contributed by atoms with Crippen molar-refractivity contribution >= 4 is 5.91 Å². The van der Waals surface area contributed by atoms with Crippen LogP contribution in [0.5, 0.6) is 0 Å². The first-order valence-corrected chi connectivity index (χ1v) is 8.99. The number of hydrogen-bond donors (Lipinski definition) is 1. The summed E-state index contributed by atoms with van der Waals surface area (Å²) < 4.78 is 0. The SMILES string of the molecule is CC.CC.CC(C)CNCC(=O)N1CCC(C(C)C)CC1. The summed E-state index contributed by atoms with van der Waals surface area (Å²) in [6.45, 7) is 20.2. The predicted molar refractivity (Wildman–Crippen MR) is 94.5 cm³/mol. The maximum atomic E-state index is 11.9. The maximum absolute atomic E-state index is 11.9.